The SMILES string of the molecule is c1cnc2c(c1)C[n+]1c-2oc2sc3cnccc3c21. The smallest absolute Gasteiger partial charge is 0.385 e. The van der Waals surface area contributed by atoms with E-state index in [4.69, 9.17) is 4.42 Å². The minimum Gasteiger partial charge on any atom is -0.385 e. The lowest BCUT2D eigenvalue weighted by molar-refractivity contribution is -0.648. The molecule has 0 aliphatic carbocycles. The van der Waals surface area contributed by atoms with Crippen molar-refractivity contribution in [1.82, 2.24) is 9.97 Å². The van der Waals surface area contributed by atoms with E-state index < -0.39 is 0 Å². The van der Waals surface area contributed by atoms with Gasteiger partial charge < -0.3 is 4.42 Å². The van der Waals surface area contributed by atoms with Gasteiger partial charge in [0.1, 0.15) is 0 Å². The molecule has 5 heteroatoms. The van der Waals surface area contributed by atoms with Crippen molar-refractivity contribution in [2.75, 3.05) is 0 Å². The Morgan fingerprint density at radius 3 is 3.26 bits per heavy atom. The van der Waals surface area contributed by atoms with Crippen molar-refractivity contribution in [1.29, 1.82) is 0 Å². The van der Waals surface area contributed by atoms with Crippen LogP contribution in [0.5, 0.6) is 0 Å². The molecule has 5 rings (SSSR count). The van der Waals surface area contributed by atoms with E-state index >= 15 is 0 Å². The van der Waals surface area contributed by atoms with Gasteiger partial charge in [0.25, 0.3) is 10.4 Å². The minimum atomic E-state index is 0.833. The summed E-state index contributed by atoms with van der Waals surface area (Å²) < 4.78 is 9.39. The molecule has 0 radical (unpaired) electrons. The zero-order valence-corrected chi connectivity index (χ0v) is 10.6. The van der Waals surface area contributed by atoms with Gasteiger partial charge in [0, 0.05) is 18.6 Å². The van der Waals surface area contributed by atoms with Crippen LogP contribution in [0.3, 0.4) is 0 Å². The van der Waals surface area contributed by atoms with Gasteiger partial charge in [0.2, 0.25) is 0 Å². The lowest BCUT2D eigenvalue weighted by atomic mass is 10.2. The maximum Gasteiger partial charge on any atom is 0.402 e. The van der Waals surface area contributed by atoms with Gasteiger partial charge >= 0.3 is 5.89 Å². The first-order valence-corrected chi connectivity index (χ1v) is 6.86. The van der Waals surface area contributed by atoms with E-state index in [2.05, 4.69) is 20.6 Å². The molecule has 4 nitrogen and oxygen atoms in total. The Hall–Kier alpha value is -2.27. The molecule has 0 N–H and O–H groups in total. The molecular formula is C14H8N3OS+. The Morgan fingerprint density at radius 1 is 1.26 bits per heavy atom. The number of hydrogen-bond donors (Lipinski definition) is 0. The molecule has 0 amide bonds. The summed E-state index contributed by atoms with van der Waals surface area (Å²) in [6.07, 6.45) is 5.53. The van der Waals surface area contributed by atoms with Crippen LogP contribution in [-0.4, -0.2) is 9.97 Å². The maximum atomic E-state index is 6.01. The monoisotopic (exact) mass is 266 g/mol. The maximum absolute atomic E-state index is 6.01. The third-order valence-corrected chi connectivity index (χ3v) is 4.57. The van der Waals surface area contributed by atoms with Gasteiger partial charge in [-0.1, -0.05) is 11.3 Å². The van der Waals surface area contributed by atoms with E-state index in [0.29, 0.717) is 0 Å². The van der Waals surface area contributed by atoms with E-state index in [1.807, 2.05) is 30.7 Å². The highest BCUT2D eigenvalue weighted by Crippen LogP contribution is 2.37. The fraction of sp³-hybridized carbons (Fsp3) is 0.0714. The number of oxazole rings is 1. The average molecular weight is 266 g/mol. The van der Waals surface area contributed by atoms with Gasteiger partial charge in [0.15, 0.2) is 12.2 Å². The molecule has 0 aromatic carbocycles. The molecule has 0 bridgehead atoms. The minimum absolute atomic E-state index is 0.833. The second kappa shape index (κ2) is 3.19. The van der Waals surface area contributed by atoms with Crippen molar-refractivity contribution >= 4 is 31.8 Å². The molecule has 0 unspecified atom stereocenters. The molecule has 0 saturated carbocycles. The van der Waals surface area contributed by atoms with Crippen LogP contribution in [0.25, 0.3) is 32.1 Å². The number of rotatable bonds is 0. The normalized spacial score (nSPS) is 13.1. The fourth-order valence-corrected chi connectivity index (χ4v) is 3.77. The van der Waals surface area contributed by atoms with Gasteiger partial charge in [-0.25, -0.2) is 4.98 Å². The Balaban J connectivity index is 1.94. The molecule has 4 aromatic rings. The summed E-state index contributed by atoms with van der Waals surface area (Å²) in [5.41, 5.74) is 3.35. The summed E-state index contributed by atoms with van der Waals surface area (Å²) in [6.45, 7) is 0.833. The molecule has 0 saturated heterocycles. The van der Waals surface area contributed by atoms with Crippen molar-refractivity contribution in [3.63, 3.8) is 0 Å². The topological polar surface area (TPSA) is 42.8 Å². The predicted molar refractivity (Wildman–Crippen MR) is 71.9 cm³/mol. The molecule has 1 aliphatic rings. The van der Waals surface area contributed by atoms with Crippen LogP contribution in [0, 0.1) is 0 Å². The largest absolute Gasteiger partial charge is 0.402 e. The number of pyridine rings is 2. The van der Waals surface area contributed by atoms with Crippen LogP contribution in [0.2, 0.25) is 0 Å². The molecule has 90 valence electrons. The number of fused-ring (bicyclic) bond motifs is 7. The van der Waals surface area contributed by atoms with Crippen molar-refractivity contribution < 1.29 is 8.98 Å². The average Bonchev–Trinajstić information content (AvgIpc) is 3.05. The first-order valence-electron chi connectivity index (χ1n) is 6.05. The number of thiophene rings is 1. The molecule has 0 fully saturated rings. The first kappa shape index (κ1) is 9.63. The van der Waals surface area contributed by atoms with Gasteiger partial charge in [0.05, 0.1) is 15.6 Å². The van der Waals surface area contributed by atoms with Crippen molar-refractivity contribution in [3.8, 4) is 11.6 Å². The number of aromatic nitrogens is 3. The summed E-state index contributed by atoms with van der Waals surface area (Å²) in [6, 6.07) is 6.12. The van der Waals surface area contributed by atoms with Crippen LogP contribution in [0.4, 0.5) is 0 Å². The molecule has 5 heterocycles. The van der Waals surface area contributed by atoms with E-state index in [-0.39, 0.29) is 0 Å². The van der Waals surface area contributed by atoms with Gasteiger partial charge in [-0.2, -0.15) is 0 Å². The van der Waals surface area contributed by atoms with E-state index in [9.17, 15) is 0 Å². The first-order chi connectivity index (χ1) is 9.42. The Labute approximate surface area is 112 Å². The Bertz CT molecular complexity index is 954. The molecular weight excluding hydrogens is 258 g/mol. The summed E-state index contributed by atoms with van der Waals surface area (Å²) >= 11 is 1.64. The summed E-state index contributed by atoms with van der Waals surface area (Å²) in [5, 5.41) is 1.21. The van der Waals surface area contributed by atoms with Crippen molar-refractivity contribution in [2.24, 2.45) is 0 Å². The van der Waals surface area contributed by atoms with Crippen LogP contribution in [0.1, 0.15) is 5.56 Å². The second-order valence-electron chi connectivity index (χ2n) is 4.61. The molecule has 1 aliphatic heterocycles. The number of nitrogens with zero attached hydrogens (tertiary/aromatic N) is 3. The van der Waals surface area contributed by atoms with Crippen molar-refractivity contribution in [3.05, 3.63) is 42.4 Å². The third kappa shape index (κ3) is 1.11. The van der Waals surface area contributed by atoms with Gasteiger partial charge in [-0.3, -0.25) is 4.98 Å². The van der Waals surface area contributed by atoms with Crippen LogP contribution < -0.4 is 4.57 Å². The lowest BCUT2D eigenvalue weighted by Crippen LogP contribution is -2.30. The predicted octanol–water partition coefficient (Wildman–Crippen LogP) is 2.75. The summed E-state index contributed by atoms with van der Waals surface area (Å²) in [4.78, 5) is 9.55. The summed E-state index contributed by atoms with van der Waals surface area (Å²) in [7, 11) is 0. The summed E-state index contributed by atoms with van der Waals surface area (Å²) in [5.74, 6) is 0.871. The zero-order valence-electron chi connectivity index (χ0n) is 9.83. The van der Waals surface area contributed by atoms with Crippen LogP contribution in [0.15, 0.2) is 41.2 Å². The van der Waals surface area contributed by atoms with Gasteiger partial charge in [-0.05, 0) is 18.2 Å². The second-order valence-corrected chi connectivity index (χ2v) is 5.63. The van der Waals surface area contributed by atoms with Crippen LogP contribution >= 0.6 is 11.3 Å². The number of hydrogen-bond acceptors (Lipinski definition) is 4. The molecule has 0 atom stereocenters. The lowest BCUT2D eigenvalue weighted by Gasteiger charge is -1.88. The molecule has 4 aromatic heterocycles. The highest BCUT2D eigenvalue weighted by atomic mass is 32.1. The Kier molecular flexibility index (Phi) is 1.62. The molecule has 0 spiro atoms. The van der Waals surface area contributed by atoms with Crippen molar-refractivity contribution in [2.45, 2.75) is 6.54 Å². The van der Waals surface area contributed by atoms with E-state index in [0.717, 1.165) is 33.2 Å². The van der Waals surface area contributed by atoms with Crippen LogP contribution in [-0.2, 0) is 6.54 Å². The molecule has 19 heavy (non-hydrogen) atoms. The highest BCUT2D eigenvalue weighted by molar-refractivity contribution is 7.25. The van der Waals surface area contributed by atoms with Gasteiger partial charge in [-0.15, -0.1) is 4.57 Å². The standard InChI is InChI=1S/C14H8N3OS/c1-2-8-7-17-12-9-3-5-15-6-10(9)19-14(12)18-13(17)11(8)16-4-1/h1-6H,7H2/q+1. The Morgan fingerprint density at radius 2 is 2.26 bits per heavy atom. The third-order valence-electron chi connectivity index (χ3n) is 3.56. The van der Waals surface area contributed by atoms with E-state index in [1.54, 1.807) is 11.3 Å². The highest BCUT2D eigenvalue weighted by Gasteiger charge is 2.36. The fourth-order valence-electron chi connectivity index (χ4n) is 2.74. The van der Waals surface area contributed by atoms with E-state index in [1.165, 1.54) is 10.9 Å². The zero-order chi connectivity index (χ0) is 12.4. The quantitative estimate of drug-likeness (QED) is 0.405.